The van der Waals surface area contributed by atoms with Crippen LogP contribution in [0, 0.1) is 11.3 Å². The van der Waals surface area contributed by atoms with E-state index in [0.717, 1.165) is 0 Å². The standard InChI is InChI=1S/C3H2Cl3N.14CHCl3/c4-3(5,6)1-2-7;14*2-1(3)4/h1H2;14*1H. The number of hydrogen-bond donors (Lipinski definition) is 0. The fraction of sp³-hybridized carbons (Fsp3) is 0.941. The van der Waals surface area contributed by atoms with Crippen LogP contribution < -0.4 is 0 Å². The van der Waals surface area contributed by atoms with Crippen LogP contribution in [0.3, 0.4) is 0 Å². The molecule has 0 unspecified atom stereocenters. The van der Waals surface area contributed by atoms with Crippen molar-refractivity contribution in [3.05, 3.63) is 0 Å². The van der Waals surface area contributed by atoms with Gasteiger partial charge in [0.1, 0.15) is 0 Å². The average molecular weight is 1830 g/mol. The van der Waals surface area contributed by atoms with Crippen LogP contribution in [0.1, 0.15) is 6.42 Å². The second-order valence-electron chi connectivity index (χ2n) is 4.41. The zero-order chi connectivity index (χ0) is 56.0. The monoisotopic (exact) mass is 1810 g/mol. The predicted octanol–water partition coefficient (Wildman–Crippen LogP) is 30.1. The van der Waals surface area contributed by atoms with Crippen LogP contribution >= 0.6 is 522 Å². The van der Waals surface area contributed by atoms with Crippen molar-refractivity contribution in [1.82, 2.24) is 0 Å². The molecular formula is C17H16Cl45N. The van der Waals surface area contributed by atoms with Crippen LogP contribution in [0.15, 0.2) is 0 Å². The highest BCUT2D eigenvalue weighted by Gasteiger charge is 2.17. The van der Waals surface area contributed by atoms with Gasteiger partial charge in [-0.15, -0.1) is 0 Å². The molecule has 0 fully saturated rings. The first-order chi connectivity index (χ1) is 27.3. The molecule has 0 aromatic carbocycles. The Morgan fingerprint density at radius 2 is 0.254 bits per heavy atom. The Balaban J connectivity index is -0.0000000302. The van der Waals surface area contributed by atoms with Gasteiger partial charge in [-0.25, -0.2) is 0 Å². The first-order valence-electron chi connectivity index (χ1n) is 10.7. The molecule has 0 aromatic heterocycles. The summed E-state index contributed by atoms with van der Waals surface area (Å²) in [5, 5.41) is 7.90. The van der Waals surface area contributed by atoms with Gasteiger partial charge in [0.25, 0.3) is 0 Å². The molecule has 0 heterocycles. The highest BCUT2D eigenvalue weighted by molar-refractivity contribution is 6.69. The number of hydrogen-bond acceptors (Lipinski definition) is 1. The molecule has 0 amide bonds. The van der Waals surface area contributed by atoms with Gasteiger partial charge in [-0.2, -0.15) is 5.26 Å². The zero-order valence-corrected chi connectivity index (χ0v) is 61.3. The quantitative estimate of drug-likeness (QED) is 0.222. The van der Waals surface area contributed by atoms with Gasteiger partial charge >= 0.3 is 0 Å². The van der Waals surface area contributed by atoms with Gasteiger partial charge in [-0.1, -0.05) is 522 Å². The largest absolute Gasteiger partial charge is 0.203 e. The van der Waals surface area contributed by atoms with Crippen molar-refractivity contribution in [3.8, 4) is 6.07 Å². The first kappa shape index (κ1) is 115. The predicted molar refractivity (Wildman–Crippen MR) is 329 cm³/mol. The molecule has 1 nitrogen and oxygen atoms in total. The lowest BCUT2D eigenvalue weighted by molar-refractivity contribution is 1.08. The summed E-state index contributed by atoms with van der Waals surface area (Å²) in [6.07, 6.45) is -0.0579. The van der Waals surface area contributed by atoms with Gasteiger partial charge in [-0.3, -0.25) is 0 Å². The SMILES string of the molecule is ClC(Cl)Cl.ClC(Cl)Cl.ClC(Cl)Cl.ClC(Cl)Cl.ClC(Cl)Cl.ClC(Cl)Cl.ClC(Cl)Cl.ClC(Cl)Cl.ClC(Cl)Cl.ClC(Cl)Cl.ClC(Cl)Cl.ClC(Cl)Cl.ClC(Cl)Cl.ClC(Cl)Cl.N#CCC(Cl)(Cl)Cl. The normalized spacial score (nSPS) is 9.17. The van der Waals surface area contributed by atoms with Crippen molar-refractivity contribution in [2.75, 3.05) is 0 Å². The van der Waals surface area contributed by atoms with E-state index in [1.807, 2.05) is 0 Å². The number of rotatable bonds is 0. The summed E-state index contributed by atoms with van der Waals surface area (Å²) in [7, 11) is 0. The van der Waals surface area contributed by atoms with Gasteiger partial charge in [0.2, 0.25) is 3.79 Å². The van der Waals surface area contributed by atoms with E-state index in [-0.39, 0.29) is 6.42 Å². The van der Waals surface area contributed by atoms with Gasteiger partial charge in [0, 0.05) is 0 Å². The molecule has 0 saturated carbocycles. The first-order valence-corrected chi connectivity index (χ1v) is 30.1. The maximum Gasteiger partial charge on any atom is 0.203 e. The van der Waals surface area contributed by atoms with Crippen molar-refractivity contribution < 1.29 is 0 Å². The third-order valence-corrected chi connectivity index (χ3v) is 0.680. The van der Waals surface area contributed by atoms with E-state index in [1.54, 1.807) is 6.07 Å². The fourth-order valence-corrected chi connectivity index (χ4v) is 0.269. The van der Waals surface area contributed by atoms with Gasteiger partial charge in [0.15, 0.2) is 60.1 Å². The van der Waals surface area contributed by atoms with Crippen molar-refractivity contribution in [3.63, 3.8) is 0 Å². The Hall–Kier alpha value is 12.5. The van der Waals surface area contributed by atoms with Crippen LogP contribution in [0.5, 0.6) is 0 Å². The topological polar surface area (TPSA) is 23.8 Å². The van der Waals surface area contributed by atoms with E-state index in [2.05, 4.69) is 0 Å². The number of nitriles is 1. The molecule has 0 aliphatic carbocycles. The molecule has 0 saturated heterocycles. The lowest BCUT2D eigenvalue weighted by Gasteiger charge is -2.00. The molecule has 0 radical (unpaired) electrons. The molecular weight excluding hydrogens is 1810 g/mol. The van der Waals surface area contributed by atoms with Crippen molar-refractivity contribution in [2.24, 2.45) is 0 Å². The molecule has 404 valence electrons. The van der Waals surface area contributed by atoms with E-state index >= 15 is 0 Å². The minimum atomic E-state index is -1.39. The van der Waals surface area contributed by atoms with E-state index < -0.39 is 63.9 Å². The fourth-order valence-electron chi connectivity index (χ4n) is 0.0896. The Bertz CT molecular complexity index is 450. The summed E-state index contributed by atoms with van der Waals surface area (Å²) in [5.74, 6) is 0. The summed E-state index contributed by atoms with van der Waals surface area (Å²) < 4.78 is -11.9. The third-order valence-electron chi connectivity index (χ3n) is 0.280. The molecule has 0 N–H and O–H groups in total. The summed E-state index contributed by atoms with van der Waals surface area (Å²) >= 11 is 217. The van der Waals surface area contributed by atoms with Gasteiger partial charge < -0.3 is 0 Å². The molecule has 0 rings (SSSR count). The molecule has 0 aliphatic rings. The lowest BCUT2D eigenvalue weighted by atomic mass is 10.5. The van der Waals surface area contributed by atoms with Crippen LogP contribution in [0.2, 0.25) is 0 Å². The lowest BCUT2D eigenvalue weighted by Crippen LogP contribution is -1.97. The highest BCUT2D eigenvalue weighted by Crippen LogP contribution is 2.28. The third kappa shape index (κ3) is 1430. The number of alkyl halides is 45. The summed E-state index contributed by atoms with van der Waals surface area (Å²) in [6, 6.07) is 1.71. The Morgan fingerprint density at radius 1 is 0.206 bits per heavy atom. The minimum Gasteiger partial charge on any atom is -0.198 e. The molecule has 0 aliphatic heterocycles. The molecule has 0 spiro atoms. The minimum absolute atomic E-state index is 0.0579. The van der Waals surface area contributed by atoms with E-state index in [4.69, 9.17) is 527 Å². The van der Waals surface area contributed by atoms with Crippen molar-refractivity contribution in [2.45, 2.75) is 70.3 Å². The molecule has 0 bridgehead atoms. The Morgan fingerprint density at radius 3 is 0.254 bits per heavy atom. The van der Waals surface area contributed by atoms with Crippen LogP contribution in [0.4, 0.5) is 0 Å². The van der Waals surface area contributed by atoms with Crippen molar-refractivity contribution >= 4 is 522 Å². The summed E-state index contributed by atoms with van der Waals surface area (Å²) in [6.45, 7) is 0. The zero-order valence-electron chi connectivity index (χ0n) is 27.2. The number of nitrogens with zero attached hydrogens (tertiary/aromatic N) is 1. The maximum atomic E-state index is 7.90. The maximum absolute atomic E-state index is 7.90. The van der Waals surface area contributed by atoms with E-state index in [9.17, 15) is 0 Å². The van der Waals surface area contributed by atoms with Gasteiger partial charge in [-0.05, 0) is 0 Å². The van der Waals surface area contributed by atoms with Crippen LogP contribution in [0.25, 0.3) is 0 Å². The summed E-state index contributed by atoms with van der Waals surface area (Å²) in [5.41, 5.74) is 0. The Kier molecular flexibility index (Phi) is 187. The number of halogens is 45. The molecule has 0 aromatic rings. The Labute approximate surface area is 593 Å². The highest BCUT2D eigenvalue weighted by atomic mass is 35.6. The second-order valence-corrected chi connectivity index (χ2v) is 34.6. The summed E-state index contributed by atoms with van der Waals surface area (Å²) in [4.78, 5) is 0. The average Bonchev–Trinajstić information content (AvgIpc) is 2.83. The molecule has 63 heavy (non-hydrogen) atoms. The smallest absolute Gasteiger partial charge is 0.198 e. The van der Waals surface area contributed by atoms with Crippen LogP contribution in [-0.4, -0.2) is 63.9 Å². The molecule has 0 atom stereocenters. The second kappa shape index (κ2) is 103. The van der Waals surface area contributed by atoms with E-state index in [0.29, 0.717) is 0 Å². The van der Waals surface area contributed by atoms with Crippen LogP contribution in [-0.2, 0) is 0 Å². The molecule has 46 heteroatoms. The van der Waals surface area contributed by atoms with E-state index in [1.165, 1.54) is 0 Å². The van der Waals surface area contributed by atoms with Gasteiger partial charge in [0.05, 0.1) is 12.5 Å². The van der Waals surface area contributed by atoms with Crippen molar-refractivity contribution in [1.29, 1.82) is 5.26 Å².